The van der Waals surface area contributed by atoms with Gasteiger partial charge in [-0.05, 0) is 31.4 Å². The monoisotopic (exact) mass is 342 g/mol. The maximum absolute atomic E-state index is 12.6. The van der Waals surface area contributed by atoms with Gasteiger partial charge in [-0.25, -0.2) is 4.79 Å². The lowest BCUT2D eigenvalue weighted by molar-refractivity contribution is -0.0952. The van der Waals surface area contributed by atoms with E-state index < -0.39 is 0 Å². The second-order valence-electron chi connectivity index (χ2n) is 6.77. The van der Waals surface area contributed by atoms with Crippen LogP contribution in [-0.4, -0.2) is 60.6 Å². The second-order valence-corrected chi connectivity index (χ2v) is 8.28. The summed E-state index contributed by atoms with van der Waals surface area (Å²) in [5.74, 6) is 1.57. The zero-order valence-corrected chi connectivity index (χ0v) is 15.0. The Morgan fingerprint density at radius 3 is 2.52 bits per heavy atom. The topological polar surface area (TPSA) is 50.8 Å². The fraction of sp³-hybridized carbons (Fsp3) is 0.941. The van der Waals surface area contributed by atoms with Crippen LogP contribution in [0, 0.1) is 5.92 Å². The van der Waals surface area contributed by atoms with Crippen molar-refractivity contribution in [2.75, 3.05) is 32.1 Å². The van der Waals surface area contributed by atoms with Gasteiger partial charge in [0.05, 0.1) is 13.2 Å². The molecule has 2 atom stereocenters. The zero-order chi connectivity index (χ0) is 16.1. The van der Waals surface area contributed by atoms with Crippen molar-refractivity contribution < 1.29 is 14.3 Å². The summed E-state index contributed by atoms with van der Waals surface area (Å²) in [7, 11) is 0. The normalized spacial score (nSPS) is 30.6. The number of carbonyl (C=O) groups excluding carboxylic acids is 1. The highest BCUT2D eigenvalue weighted by Gasteiger charge is 2.33. The van der Waals surface area contributed by atoms with E-state index in [9.17, 15) is 4.79 Å². The van der Waals surface area contributed by atoms with Crippen LogP contribution in [-0.2, 0) is 9.47 Å². The van der Waals surface area contributed by atoms with Gasteiger partial charge in [-0.3, -0.25) is 0 Å². The molecule has 132 valence electrons. The average Bonchev–Trinajstić information content (AvgIpc) is 3.11. The first-order valence-electron chi connectivity index (χ1n) is 9.18. The summed E-state index contributed by atoms with van der Waals surface area (Å²) < 4.78 is 11.2. The maximum Gasteiger partial charge on any atom is 0.317 e. The third-order valence-corrected chi connectivity index (χ3v) is 6.58. The molecule has 0 aromatic carbocycles. The first kappa shape index (κ1) is 17.4. The van der Waals surface area contributed by atoms with Crippen LogP contribution in [0.2, 0.25) is 0 Å². The number of nitrogens with one attached hydrogen (secondary N) is 1. The molecular weight excluding hydrogens is 312 g/mol. The summed E-state index contributed by atoms with van der Waals surface area (Å²) in [4.78, 5) is 14.6. The molecule has 1 saturated carbocycles. The molecule has 2 saturated heterocycles. The largest absolute Gasteiger partial charge is 0.350 e. The number of urea groups is 1. The first-order chi connectivity index (χ1) is 11.3. The molecule has 2 unspecified atom stereocenters. The molecule has 3 fully saturated rings. The quantitative estimate of drug-likeness (QED) is 0.853. The van der Waals surface area contributed by atoms with E-state index in [-0.39, 0.29) is 12.3 Å². The second kappa shape index (κ2) is 8.58. The van der Waals surface area contributed by atoms with Crippen molar-refractivity contribution >= 4 is 17.8 Å². The molecule has 2 aliphatic heterocycles. The summed E-state index contributed by atoms with van der Waals surface area (Å²) in [5.41, 5.74) is 0. The molecule has 5 nitrogen and oxygen atoms in total. The molecule has 1 aliphatic carbocycles. The van der Waals surface area contributed by atoms with E-state index in [2.05, 4.69) is 12.2 Å². The Balaban J connectivity index is 1.45. The van der Waals surface area contributed by atoms with E-state index in [0.717, 1.165) is 38.1 Å². The predicted octanol–water partition coefficient (Wildman–Crippen LogP) is 2.85. The highest BCUT2D eigenvalue weighted by atomic mass is 32.2. The van der Waals surface area contributed by atoms with Crippen LogP contribution in [0.15, 0.2) is 0 Å². The molecule has 6 heteroatoms. The molecule has 0 aromatic rings. The van der Waals surface area contributed by atoms with Crippen LogP contribution in [0.4, 0.5) is 4.79 Å². The van der Waals surface area contributed by atoms with Crippen LogP contribution in [0.25, 0.3) is 0 Å². The number of nitrogens with zero attached hydrogens (tertiary/aromatic N) is 1. The van der Waals surface area contributed by atoms with Crippen molar-refractivity contribution in [1.82, 2.24) is 10.2 Å². The third-order valence-electron chi connectivity index (χ3n) is 5.25. The van der Waals surface area contributed by atoms with E-state index in [1.54, 1.807) is 0 Å². The molecule has 0 aromatic heterocycles. The number of hydrogen-bond donors (Lipinski definition) is 1. The van der Waals surface area contributed by atoms with Crippen molar-refractivity contribution in [3.05, 3.63) is 0 Å². The minimum Gasteiger partial charge on any atom is -0.350 e. The van der Waals surface area contributed by atoms with Gasteiger partial charge < -0.3 is 19.7 Å². The van der Waals surface area contributed by atoms with E-state index in [1.807, 2.05) is 16.7 Å². The maximum atomic E-state index is 12.6. The summed E-state index contributed by atoms with van der Waals surface area (Å²) in [5, 5.41) is 3.90. The number of rotatable bonds is 4. The van der Waals surface area contributed by atoms with Gasteiger partial charge in [0.2, 0.25) is 0 Å². The first-order valence-corrected chi connectivity index (χ1v) is 10.2. The molecule has 1 N–H and O–H groups in total. The summed E-state index contributed by atoms with van der Waals surface area (Å²) in [6, 6.07) is 0.478. The Kier molecular flexibility index (Phi) is 6.48. The number of ether oxygens (including phenoxy) is 2. The molecule has 0 radical (unpaired) electrons. The van der Waals surface area contributed by atoms with Crippen molar-refractivity contribution in [1.29, 1.82) is 0 Å². The van der Waals surface area contributed by atoms with Gasteiger partial charge in [-0.15, -0.1) is 0 Å². The SMILES string of the molecule is CCSC1CCCCC1NC(=O)N1CCC(C2OCCO2)CC1. The number of piperidine rings is 1. The van der Waals surface area contributed by atoms with Crippen molar-refractivity contribution in [2.45, 2.75) is 63.0 Å². The molecule has 0 spiro atoms. The van der Waals surface area contributed by atoms with E-state index in [0.29, 0.717) is 30.4 Å². The number of carbonyl (C=O) groups is 1. The molecule has 3 aliphatic rings. The standard InChI is InChI=1S/C17H30N2O3S/c1-2-23-15-6-4-3-5-14(15)18-17(20)19-9-7-13(8-10-19)16-21-11-12-22-16/h13-16H,2-12H2,1H3,(H,18,20). The highest BCUT2D eigenvalue weighted by molar-refractivity contribution is 7.99. The third kappa shape index (κ3) is 4.54. The van der Waals surface area contributed by atoms with Crippen LogP contribution in [0.1, 0.15) is 45.4 Å². The molecule has 2 heterocycles. The smallest absolute Gasteiger partial charge is 0.317 e. The van der Waals surface area contributed by atoms with Gasteiger partial charge in [-0.2, -0.15) is 11.8 Å². The Morgan fingerprint density at radius 2 is 1.83 bits per heavy atom. The van der Waals surface area contributed by atoms with Gasteiger partial charge in [0.15, 0.2) is 6.29 Å². The lowest BCUT2D eigenvalue weighted by atomic mass is 9.94. The fourth-order valence-corrected chi connectivity index (χ4v) is 5.15. The minimum absolute atomic E-state index is 0.0381. The van der Waals surface area contributed by atoms with Gasteiger partial charge in [0, 0.05) is 30.3 Å². The Bertz CT molecular complexity index is 380. The van der Waals surface area contributed by atoms with E-state index in [4.69, 9.17) is 9.47 Å². The number of amides is 2. The van der Waals surface area contributed by atoms with E-state index in [1.165, 1.54) is 19.3 Å². The van der Waals surface area contributed by atoms with Gasteiger partial charge in [-0.1, -0.05) is 19.8 Å². The van der Waals surface area contributed by atoms with Crippen LogP contribution in [0.5, 0.6) is 0 Å². The van der Waals surface area contributed by atoms with Crippen LogP contribution < -0.4 is 5.32 Å². The Labute approximate surface area is 143 Å². The lowest BCUT2D eigenvalue weighted by Crippen LogP contribution is -2.52. The zero-order valence-electron chi connectivity index (χ0n) is 14.2. The van der Waals surface area contributed by atoms with Crippen molar-refractivity contribution in [2.24, 2.45) is 5.92 Å². The predicted molar refractivity (Wildman–Crippen MR) is 92.7 cm³/mol. The summed E-state index contributed by atoms with van der Waals surface area (Å²) in [6.07, 6.45) is 6.84. The van der Waals surface area contributed by atoms with Gasteiger partial charge in [0.25, 0.3) is 0 Å². The Hall–Kier alpha value is -0.460. The van der Waals surface area contributed by atoms with Gasteiger partial charge in [0.1, 0.15) is 0 Å². The number of likely N-dealkylation sites (tertiary alicyclic amines) is 1. The van der Waals surface area contributed by atoms with Crippen LogP contribution in [0.3, 0.4) is 0 Å². The molecule has 2 amide bonds. The van der Waals surface area contributed by atoms with Crippen molar-refractivity contribution in [3.8, 4) is 0 Å². The van der Waals surface area contributed by atoms with Crippen LogP contribution >= 0.6 is 11.8 Å². The molecule has 3 rings (SSSR count). The number of hydrogen-bond acceptors (Lipinski definition) is 4. The molecular formula is C17H30N2O3S. The van der Waals surface area contributed by atoms with E-state index >= 15 is 0 Å². The molecule has 23 heavy (non-hydrogen) atoms. The molecule has 0 bridgehead atoms. The average molecular weight is 343 g/mol. The minimum atomic E-state index is -0.0381. The van der Waals surface area contributed by atoms with Crippen molar-refractivity contribution in [3.63, 3.8) is 0 Å². The van der Waals surface area contributed by atoms with Gasteiger partial charge >= 0.3 is 6.03 Å². The Morgan fingerprint density at radius 1 is 1.13 bits per heavy atom. The lowest BCUT2D eigenvalue weighted by Gasteiger charge is -2.37. The summed E-state index contributed by atoms with van der Waals surface area (Å²) >= 11 is 2.00. The number of thioether (sulfide) groups is 1. The highest BCUT2D eigenvalue weighted by Crippen LogP contribution is 2.29. The summed E-state index contributed by atoms with van der Waals surface area (Å²) in [6.45, 7) is 5.26. The fourth-order valence-electron chi connectivity index (χ4n) is 3.95.